The van der Waals surface area contributed by atoms with Crippen LogP contribution in [0.2, 0.25) is 0 Å². The molecule has 33 heavy (non-hydrogen) atoms. The van der Waals surface area contributed by atoms with Gasteiger partial charge in [0.2, 0.25) is 0 Å². The zero-order valence-electron chi connectivity index (χ0n) is 17.3. The molecule has 0 aliphatic carbocycles. The summed E-state index contributed by atoms with van der Waals surface area (Å²) in [6.07, 6.45) is 1.01. The summed E-state index contributed by atoms with van der Waals surface area (Å²) < 4.78 is 33.5. The third-order valence-electron chi connectivity index (χ3n) is 5.20. The van der Waals surface area contributed by atoms with Gasteiger partial charge in [-0.2, -0.15) is 0 Å². The van der Waals surface area contributed by atoms with Crippen LogP contribution in [0.1, 0.15) is 28.9 Å². The molecule has 0 spiro atoms. The van der Waals surface area contributed by atoms with Crippen LogP contribution in [0.25, 0.3) is 22.6 Å². The number of alkyl halides is 2. The Morgan fingerprint density at radius 3 is 2.79 bits per heavy atom. The molecule has 1 aliphatic heterocycles. The molecule has 4 aromatic rings. The van der Waals surface area contributed by atoms with Crippen molar-refractivity contribution >= 4 is 11.7 Å². The van der Waals surface area contributed by atoms with Crippen molar-refractivity contribution in [2.75, 3.05) is 11.9 Å². The molecule has 166 valence electrons. The fraction of sp³-hybridized carbons (Fsp3) is 0.174. The van der Waals surface area contributed by atoms with Crippen LogP contribution < -0.4 is 10.1 Å². The van der Waals surface area contributed by atoms with Gasteiger partial charge in [-0.25, -0.2) is 13.8 Å². The number of pyridine rings is 2. The summed E-state index contributed by atoms with van der Waals surface area (Å²) >= 11 is 0. The van der Waals surface area contributed by atoms with E-state index in [0.717, 1.165) is 0 Å². The lowest BCUT2D eigenvalue weighted by molar-refractivity contribution is 0.102. The van der Waals surface area contributed by atoms with E-state index in [1.54, 1.807) is 48.8 Å². The molecule has 1 amide bonds. The van der Waals surface area contributed by atoms with Gasteiger partial charge in [0.05, 0.1) is 12.2 Å². The number of benzene rings is 1. The molecule has 1 aromatic carbocycles. The number of nitrogens with zero attached hydrogens (tertiary/aromatic N) is 5. The van der Waals surface area contributed by atoms with Crippen LogP contribution in [-0.2, 0) is 6.54 Å². The zero-order valence-corrected chi connectivity index (χ0v) is 17.3. The number of halogens is 2. The van der Waals surface area contributed by atoms with Gasteiger partial charge in [0.25, 0.3) is 12.3 Å². The molecule has 0 atom stereocenters. The Kier molecular flexibility index (Phi) is 5.47. The summed E-state index contributed by atoms with van der Waals surface area (Å²) in [4.78, 5) is 21.5. The van der Waals surface area contributed by atoms with Gasteiger partial charge in [0.15, 0.2) is 5.82 Å². The standard InChI is InChI=1S/C23H18F2N6O2/c24-21(25)17-7-5-15(12-26-17)14-6-8-19-16(11-14)23(32)29-20-4-1-3-18(28-20)22-30-27-13-31(22)9-2-10-33-19/h1,3-8,11-13,21H,2,9-10H2,(H,28,29,32). The second-order valence-electron chi connectivity index (χ2n) is 7.40. The fourth-order valence-corrected chi connectivity index (χ4v) is 3.56. The highest BCUT2D eigenvalue weighted by molar-refractivity contribution is 6.06. The van der Waals surface area contributed by atoms with Gasteiger partial charge in [-0.15, -0.1) is 10.2 Å². The molecule has 0 fully saturated rings. The first-order valence-electron chi connectivity index (χ1n) is 10.3. The van der Waals surface area contributed by atoms with Crippen molar-refractivity contribution in [1.82, 2.24) is 24.7 Å². The Bertz CT molecular complexity index is 1310. The number of hydrogen-bond donors (Lipinski definition) is 1. The SMILES string of the molecule is O=C1Nc2cccc(n2)-c2nncn2CCCOc2ccc(-c3ccc(C(F)F)nc3)cc21. The first-order chi connectivity index (χ1) is 16.1. The molecule has 0 saturated carbocycles. The lowest BCUT2D eigenvalue weighted by atomic mass is 10.0. The highest BCUT2D eigenvalue weighted by Gasteiger charge is 2.18. The highest BCUT2D eigenvalue weighted by Crippen LogP contribution is 2.29. The maximum atomic E-state index is 13.2. The molecule has 1 N–H and O–H groups in total. The first-order valence-corrected chi connectivity index (χ1v) is 10.3. The molecule has 0 saturated heterocycles. The topological polar surface area (TPSA) is 94.8 Å². The predicted octanol–water partition coefficient (Wildman–Crippen LogP) is 4.37. The molecule has 0 radical (unpaired) electrons. The Balaban J connectivity index is 1.51. The van der Waals surface area contributed by atoms with Crippen molar-refractivity contribution in [3.63, 3.8) is 0 Å². The molecular formula is C23H18F2N6O2. The summed E-state index contributed by atoms with van der Waals surface area (Å²) in [7, 11) is 0. The normalized spacial score (nSPS) is 13.6. The number of amides is 1. The van der Waals surface area contributed by atoms with Crippen molar-refractivity contribution in [1.29, 1.82) is 0 Å². The Labute approximate surface area is 187 Å². The second-order valence-corrected chi connectivity index (χ2v) is 7.40. The van der Waals surface area contributed by atoms with Gasteiger partial charge >= 0.3 is 0 Å². The van der Waals surface area contributed by atoms with E-state index in [9.17, 15) is 13.6 Å². The summed E-state index contributed by atoms with van der Waals surface area (Å²) in [5.74, 6) is 0.956. The van der Waals surface area contributed by atoms with E-state index >= 15 is 0 Å². The lowest BCUT2D eigenvalue weighted by Gasteiger charge is -2.13. The number of rotatable bonds is 2. The Morgan fingerprint density at radius 1 is 1.09 bits per heavy atom. The third-order valence-corrected chi connectivity index (χ3v) is 5.20. The van der Waals surface area contributed by atoms with Gasteiger partial charge in [0.1, 0.15) is 29.3 Å². The van der Waals surface area contributed by atoms with Crippen LogP contribution >= 0.6 is 0 Å². The molecule has 1 aliphatic rings. The van der Waals surface area contributed by atoms with Gasteiger partial charge in [-0.3, -0.25) is 9.78 Å². The average molecular weight is 448 g/mol. The van der Waals surface area contributed by atoms with Crippen LogP contribution in [0.4, 0.5) is 14.6 Å². The quantitative estimate of drug-likeness (QED) is 0.489. The van der Waals surface area contributed by atoms with Gasteiger partial charge in [0, 0.05) is 18.3 Å². The number of ether oxygens (including phenoxy) is 1. The summed E-state index contributed by atoms with van der Waals surface area (Å²) in [5.41, 5.74) is 1.85. The van der Waals surface area contributed by atoms with Crippen molar-refractivity contribution in [2.45, 2.75) is 19.4 Å². The van der Waals surface area contributed by atoms with Crippen LogP contribution in [-0.4, -0.2) is 37.2 Å². The summed E-state index contributed by atoms with van der Waals surface area (Å²) in [5, 5.41) is 10.9. The number of aromatic nitrogens is 5. The average Bonchev–Trinajstić information content (AvgIpc) is 3.30. The molecule has 0 unspecified atom stereocenters. The predicted molar refractivity (Wildman–Crippen MR) is 116 cm³/mol. The Hall–Kier alpha value is -4.21. The van der Waals surface area contributed by atoms with Crippen molar-refractivity contribution in [2.24, 2.45) is 0 Å². The monoisotopic (exact) mass is 448 g/mol. The minimum absolute atomic E-state index is 0.302. The van der Waals surface area contributed by atoms with Crippen LogP contribution in [0.3, 0.4) is 0 Å². The van der Waals surface area contributed by atoms with E-state index in [0.29, 0.717) is 59.3 Å². The number of aryl methyl sites for hydroxylation is 1. The molecule has 8 nitrogen and oxygen atoms in total. The number of carbonyl (C=O) groups excluding carboxylic acids is 1. The van der Waals surface area contributed by atoms with E-state index in [2.05, 4.69) is 25.5 Å². The number of nitrogens with one attached hydrogen (secondary N) is 1. The molecule has 10 heteroatoms. The minimum atomic E-state index is -2.64. The van der Waals surface area contributed by atoms with Crippen LogP contribution in [0.5, 0.6) is 5.75 Å². The van der Waals surface area contributed by atoms with Gasteiger partial charge in [-0.1, -0.05) is 18.2 Å². The first kappa shape index (κ1) is 20.7. The van der Waals surface area contributed by atoms with Crippen molar-refractivity contribution in [3.8, 4) is 28.4 Å². The number of fused-ring (bicyclic) bond motifs is 5. The molecule has 2 bridgehead atoms. The molecule has 5 rings (SSSR count). The van der Waals surface area contributed by atoms with Crippen molar-refractivity contribution < 1.29 is 18.3 Å². The lowest BCUT2D eigenvalue weighted by Crippen LogP contribution is -2.15. The van der Waals surface area contributed by atoms with E-state index in [4.69, 9.17) is 4.74 Å². The summed E-state index contributed by atoms with van der Waals surface area (Å²) in [6.45, 7) is 0.984. The smallest absolute Gasteiger partial charge is 0.280 e. The van der Waals surface area contributed by atoms with E-state index in [-0.39, 0.29) is 5.69 Å². The van der Waals surface area contributed by atoms with Gasteiger partial charge < -0.3 is 14.6 Å². The maximum Gasteiger partial charge on any atom is 0.280 e. The largest absolute Gasteiger partial charge is 0.493 e. The third kappa shape index (κ3) is 4.27. The maximum absolute atomic E-state index is 13.2. The second kappa shape index (κ2) is 8.73. The fourth-order valence-electron chi connectivity index (χ4n) is 3.56. The van der Waals surface area contributed by atoms with Crippen molar-refractivity contribution in [3.05, 3.63) is 72.3 Å². The number of carbonyl (C=O) groups is 1. The van der Waals surface area contributed by atoms with E-state index in [1.165, 1.54) is 12.3 Å². The molecule has 4 heterocycles. The highest BCUT2D eigenvalue weighted by atomic mass is 19.3. The minimum Gasteiger partial charge on any atom is -0.493 e. The van der Waals surface area contributed by atoms with E-state index < -0.39 is 12.3 Å². The molecule has 3 aromatic heterocycles. The van der Waals surface area contributed by atoms with Crippen LogP contribution in [0.15, 0.2) is 61.1 Å². The Morgan fingerprint density at radius 2 is 1.97 bits per heavy atom. The van der Waals surface area contributed by atoms with E-state index in [1.807, 2.05) is 4.57 Å². The summed E-state index contributed by atoms with van der Waals surface area (Å²) in [6, 6.07) is 13.2. The number of anilines is 1. The van der Waals surface area contributed by atoms with Crippen LogP contribution in [0, 0.1) is 0 Å². The number of hydrogen-bond acceptors (Lipinski definition) is 6. The zero-order chi connectivity index (χ0) is 22.8. The van der Waals surface area contributed by atoms with Gasteiger partial charge in [-0.05, 0) is 42.3 Å². The molecular weight excluding hydrogens is 430 g/mol.